The van der Waals surface area contributed by atoms with Gasteiger partial charge >= 0.3 is 0 Å². The van der Waals surface area contributed by atoms with Crippen LogP contribution in [0.25, 0.3) is 5.69 Å². The number of hydrogen-bond donors (Lipinski definition) is 0. The molecule has 9 heteroatoms. The molecule has 1 amide bonds. The van der Waals surface area contributed by atoms with Crippen molar-refractivity contribution in [2.75, 3.05) is 31.2 Å². The third-order valence-corrected chi connectivity index (χ3v) is 4.78. The summed E-state index contributed by atoms with van der Waals surface area (Å²) in [6.07, 6.45) is 0. The summed E-state index contributed by atoms with van der Waals surface area (Å²) >= 11 is 1.73. The van der Waals surface area contributed by atoms with Crippen molar-refractivity contribution in [3.05, 3.63) is 51.8 Å². The van der Waals surface area contributed by atoms with Crippen molar-refractivity contribution in [1.29, 1.82) is 0 Å². The smallest absolute Gasteiger partial charge is 0.278 e. The van der Waals surface area contributed by atoms with E-state index in [1.807, 2.05) is 0 Å². The second kappa shape index (κ2) is 7.86. The molecular formula is C17H17F2N3O3S. The minimum atomic E-state index is -1.06. The summed E-state index contributed by atoms with van der Waals surface area (Å²) < 4.78 is 33.4. The molecule has 0 N–H and O–H groups in total. The number of benzene rings is 1. The number of carbonyl (C=O) groups excluding carboxylic acids is 1. The fraction of sp³-hybridized carbons (Fsp3) is 0.353. The molecule has 3 rings (SSSR count). The molecule has 0 atom stereocenters. The molecule has 1 aromatic heterocycles. The average Bonchev–Trinajstić information content (AvgIpc) is 2.65. The lowest BCUT2D eigenvalue weighted by molar-refractivity contribution is 0.0762. The van der Waals surface area contributed by atoms with Gasteiger partial charge in [0, 0.05) is 30.7 Å². The Balaban J connectivity index is 2.07. The first-order chi connectivity index (χ1) is 12.5. The lowest BCUT2D eigenvalue weighted by Crippen LogP contribution is -2.41. The molecule has 0 spiro atoms. The highest BCUT2D eigenvalue weighted by molar-refractivity contribution is 7.99. The van der Waals surface area contributed by atoms with E-state index in [2.05, 4.69) is 5.10 Å². The molecule has 0 aliphatic carbocycles. The summed E-state index contributed by atoms with van der Waals surface area (Å²) in [6, 6.07) is 4.32. The van der Waals surface area contributed by atoms with Crippen LogP contribution >= 0.6 is 11.8 Å². The molecule has 1 aliphatic rings. The van der Waals surface area contributed by atoms with Gasteiger partial charge in [0.2, 0.25) is 11.3 Å². The zero-order valence-corrected chi connectivity index (χ0v) is 14.9. The monoisotopic (exact) mass is 381 g/mol. The highest BCUT2D eigenvalue weighted by atomic mass is 32.2. The van der Waals surface area contributed by atoms with E-state index in [1.54, 1.807) is 23.6 Å². The second-order valence-corrected chi connectivity index (χ2v) is 6.77. The van der Waals surface area contributed by atoms with Crippen LogP contribution in [-0.4, -0.2) is 51.8 Å². The number of ether oxygens (including phenoxy) is 1. The van der Waals surface area contributed by atoms with Crippen molar-refractivity contribution in [3.8, 4) is 11.6 Å². The van der Waals surface area contributed by atoms with Gasteiger partial charge in [0.15, 0.2) is 17.3 Å². The normalized spacial score (nSPS) is 14.3. The average molecular weight is 381 g/mol. The molecule has 6 nitrogen and oxygen atoms in total. The Labute approximate surface area is 152 Å². The summed E-state index contributed by atoms with van der Waals surface area (Å²) in [4.78, 5) is 26.6. The van der Waals surface area contributed by atoms with E-state index < -0.39 is 23.0 Å². The molecule has 26 heavy (non-hydrogen) atoms. The number of amides is 1. The Hall–Kier alpha value is -2.42. The zero-order valence-electron chi connectivity index (χ0n) is 14.1. The van der Waals surface area contributed by atoms with Gasteiger partial charge in [-0.15, -0.1) is 0 Å². The molecule has 0 saturated carbocycles. The van der Waals surface area contributed by atoms with Crippen molar-refractivity contribution < 1.29 is 18.3 Å². The predicted octanol–water partition coefficient (Wildman–Crippen LogP) is 2.10. The van der Waals surface area contributed by atoms with Crippen LogP contribution in [0.15, 0.2) is 29.1 Å². The van der Waals surface area contributed by atoms with Gasteiger partial charge in [0.05, 0.1) is 18.4 Å². The number of hydrogen-bond acceptors (Lipinski definition) is 5. The third-order valence-electron chi connectivity index (χ3n) is 3.84. The number of nitrogens with zero attached hydrogens (tertiary/aromatic N) is 3. The van der Waals surface area contributed by atoms with Crippen LogP contribution in [0.3, 0.4) is 0 Å². The lowest BCUT2D eigenvalue weighted by atomic mass is 10.2. The van der Waals surface area contributed by atoms with Gasteiger partial charge in [-0.1, -0.05) is 0 Å². The topological polar surface area (TPSA) is 64.4 Å². The SMILES string of the molecule is CCOc1cc(=O)c(C(=O)N2CCSCC2)nn1-c1ccc(F)c(F)c1. The van der Waals surface area contributed by atoms with Crippen molar-refractivity contribution in [1.82, 2.24) is 14.7 Å². The Morgan fingerprint density at radius 1 is 1.23 bits per heavy atom. The number of thioether (sulfide) groups is 1. The maximum absolute atomic E-state index is 13.6. The molecule has 2 heterocycles. The van der Waals surface area contributed by atoms with Crippen LogP contribution in [0.1, 0.15) is 17.4 Å². The second-order valence-electron chi connectivity index (χ2n) is 5.54. The van der Waals surface area contributed by atoms with Gasteiger partial charge in [-0.2, -0.15) is 16.9 Å². The van der Waals surface area contributed by atoms with E-state index in [0.29, 0.717) is 13.1 Å². The van der Waals surface area contributed by atoms with E-state index in [4.69, 9.17) is 4.74 Å². The quantitative estimate of drug-likeness (QED) is 0.812. The zero-order chi connectivity index (χ0) is 18.7. The molecule has 138 valence electrons. The highest BCUT2D eigenvalue weighted by Gasteiger charge is 2.24. The van der Waals surface area contributed by atoms with Gasteiger partial charge in [-0.05, 0) is 19.1 Å². The van der Waals surface area contributed by atoms with Crippen molar-refractivity contribution >= 4 is 17.7 Å². The summed E-state index contributed by atoms with van der Waals surface area (Å²) in [6.45, 7) is 3.01. The maximum Gasteiger partial charge on any atom is 0.278 e. The lowest BCUT2D eigenvalue weighted by Gasteiger charge is -2.26. The predicted molar refractivity (Wildman–Crippen MR) is 94.1 cm³/mol. The molecule has 0 bridgehead atoms. The van der Waals surface area contributed by atoms with E-state index in [9.17, 15) is 18.4 Å². The first-order valence-corrected chi connectivity index (χ1v) is 9.26. The Morgan fingerprint density at radius 3 is 2.62 bits per heavy atom. The number of halogens is 2. The molecule has 0 unspecified atom stereocenters. The summed E-state index contributed by atoms with van der Waals surface area (Å²) in [5.41, 5.74) is -0.698. The minimum Gasteiger partial charge on any atom is -0.478 e. The van der Waals surface area contributed by atoms with E-state index >= 15 is 0 Å². The fourth-order valence-corrected chi connectivity index (χ4v) is 3.46. The Morgan fingerprint density at radius 2 is 1.96 bits per heavy atom. The van der Waals surface area contributed by atoms with Crippen molar-refractivity contribution in [3.63, 3.8) is 0 Å². The molecule has 1 fully saturated rings. The fourth-order valence-electron chi connectivity index (χ4n) is 2.56. The number of aromatic nitrogens is 2. The van der Waals surface area contributed by atoms with E-state index in [1.165, 1.54) is 6.07 Å². The van der Waals surface area contributed by atoms with E-state index in [0.717, 1.165) is 34.4 Å². The minimum absolute atomic E-state index is 0.0502. The van der Waals surface area contributed by atoms with Crippen LogP contribution < -0.4 is 10.2 Å². The molecule has 1 saturated heterocycles. The first kappa shape index (κ1) is 18.4. The molecule has 2 aromatic rings. The Kier molecular flexibility index (Phi) is 5.55. The van der Waals surface area contributed by atoms with Crippen LogP contribution in [-0.2, 0) is 0 Å². The Bertz CT molecular complexity index is 882. The first-order valence-electron chi connectivity index (χ1n) is 8.11. The van der Waals surface area contributed by atoms with Gasteiger partial charge in [-0.25, -0.2) is 13.5 Å². The number of rotatable bonds is 4. The van der Waals surface area contributed by atoms with Crippen LogP contribution in [0.2, 0.25) is 0 Å². The molecule has 1 aromatic carbocycles. The third kappa shape index (κ3) is 3.72. The van der Waals surface area contributed by atoms with Gasteiger partial charge < -0.3 is 9.64 Å². The summed E-state index contributed by atoms with van der Waals surface area (Å²) in [5, 5.41) is 4.10. The highest BCUT2D eigenvalue weighted by Crippen LogP contribution is 2.19. The largest absolute Gasteiger partial charge is 0.478 e. The van der Waals surface area contributed by atoms with Crippen LogP contribution in [0.4, 0.5) is 8.78 Å². The standard InChI is InChI=1S/C17H17F2N3O3S/c1-2-25-15-10-14(23)16(17(24)21-5-7-26-8-6-21)20-22(15)11-3-4-12(18)13(19)9-11/h3-4,9-10H,2,5-8H2,1H3. The molecule has 0 radical (unpaired) electrons. The van der Waals surface area contributed by atoms with Crippen molar-refractivity contribution in [2.24, 2.45) is 0 Å². The van der Waals surface area contributed by atoms with Gasteiger partial charge in [-0.3, -0.25) is 9.59 Å². The van der Waals surface area contributed by atoms with E-state index in [-0.39, 0.29) is 23.9 Å². The van der Waals surface area contributed by atoms with Crippen LogP contribution in [0, 0.1) is 11.6 Å². The van der Waals surface area contributed by atoms with Gasteiger partial charge in [0.25, 0.3) is 5.91 Å². The summed E-state index contributed by atoms with van der Waals surface area (Å²) in [7, 11) is 0. The summed E-state index contributed by atoms with van der Waals surface area (Å²) in [5.74, 6) is -0.912. The molecule has 1 aliphatic heterocycles. The van der Waals surface area contributed by atoms with Gasteiger partial charge in [0.1, 0.15) is 0 Å². The number of carbonyl (C=O) groups is 1. The molecular weight excluding hydrogens is 364 g/mol. The van der Waals surface area contributed by atoms with Crippen molar-refractivity contribution in [2.45, 2.75) is 6.92 Å². The van der Waals surface area contributed by atoms with Crippen LogP contribution in [0.5, 0.6) is 5.88 Å². The maximum atomic E-state index is 13.6.